The Bertz CT molecular complexity index is 783. The third kappa shape index (κ3) is 4.86. The number of methoxy groups -OCH3 is 2. The summed E-state index contributed by atoms with van der Waals surface area (Å²) < 4.78 is 15.7. The molecule has 0 saturated carbocycles. The van der Waals surface area contributed by atoms with E-state index >= 15 is 0 Å². The first-order valence-electron chi connectivity index (χ1n) is 8.17. The van der Waals surface area contributed by atoms with Gasteiger partial charge in [-0.15, -0.1) is 0 Å². The maximum Gasteiger partial charge on any atom is 0.428 e. The number of ether oxygens (including phenoxy) is 3. The van der Waals surface area contributed by atoms with Crippen LogP contribution in [0.25, 0.3) is 0 Å². The molecule has 2 amide bonds. The molecule has 0 fully saturated rings. The molecule has 0 aliphatic carbocycles. The van der Waals surface area contributed by atoms with E-state index < -0.39 is 22.5 Å². The van der Waals surface area contributed by atoms with Crippen LogP contribution in [0.1, 0.15) is 33.3 Å². The molecule has 0 radical (unpaired) electrons. The van der Waals surface area contributed by atoms with E-state index in [9.17, 15) is 9.59 Å². The number of benzene rings is 1. The van der Waals surface area contributed by atoms with Crippen LogP contribution in [0.5, 0.6) is 5.75 Å². The quantitative estimate of drug-likeness (QED) is 0.610. The predicted octanol–water partition coefficient (Wildman–Crippen LogP) is 2.96. The zero-order valence-corrected chi connectivity index (χ0v) is 17.0. The molecule has 1 aromatic rings. The lowest BCUT2D eigenvalue weighted by molar-refractivity contribution is -0.125. The standard InChI is InChI=1S/C18H23N3O5S/c1-11(20-21-16(23)26-17(2,3)4)18(25-6)15(22)19-14(27-18)12-7-9-13(24-5)10-8-12/h7-10H,1-6H3,(H,21,23)/b20-11+. The number of nitrogens with zero attached hydrogens (tertiary/aromatic N) is 2. The molecule has 0 aromatic heterocycles. The van der Waals surface area contributed by atoms with Crippen molar-refractivity contribution in [1.82, 2.24) is 5.43 Å². The molecule has 8 nitrogen and oxygen atoms in total. The second kappa shape index (κ2) is 8.10. The van der Waals surface area contributed by atoms with Gasteiger partial charge in [-0.25, -0.2) is 15.2 Å². The number of amides is 2. The molecule has 9 heteroatoms. The lowest BCUT2D eigenvalue weighted by Crippen LogP contribution is -2.42. The van der Waals surface area contributed by atoms with Gasteiger partial charge in [-0.05, 0) is 52.0 Å². The number of rotatable bonds is 5. The van der Waals surface area contributed by atoms with Gasteiger partial charge in [0.1, 0.15) is 16.4 Å². The van der Waals surface area contributed by atoms with Crippen LogP contribution in [0, 0.1) is 0 Å². The number of hydrazone groups is 1. The van der Waals surface area contributed by atoms with E-state index in [-0.39, 0.29) is 5.71 Å². The second-order valence-corrected chi connectivity index (χ2v) is 7.85. The maximum absolute atomic E-state index is 12.6. The summed E-state index contributed by atoms with van der Waals surface area (Å²) in [5, 5.41) is 4.47. The van der Waals surface area contributed by atoms with Gasteiger partial charge in [0.25, 0.3) is 5.91 Å². The second-order valence-electron chi connectivity index (χ2n) is 6.68. The monoisotopic (exact) mass is 393 g/mol. The van der Waals surface area contributed by atoms with Gasteiger partial charge in [0, 0.05) is 12.7 Å². The van der Waals surface area contributed by atoms with Gasteiger partial charge < -0.3 is 14.2 Å². The average molecular weight is 393 g/mol. The van der Waals surface area contributed by atoms with Gasteiger partial charge in [-0.3, -0.25) is 4.79 Å². The largest absolute Gasteiger partial charge is 0.497 e. The third-order valence-electron chi connectivity index (χ3n) is 3.54. The SMILES string of the molecule is COc1ccc(C2=NC(=O)C(OC)(/C(C)=N/NC(=O)OC(C)(C)C)S2)cc1. The fraction of sp³-hybridized carbons (Fsp3) is 0.444. The normalized spacial score (nSPS) is 20.3. The van der Waals surface area contributed by atoms with Crippen LogP contribution in [0.3, 0.4) is 0 Å². The van der Waals surface area contributed by atoms with Gasteiger partial charge in [0.05, 0.1) is 12.8 Å². The summed E-state index contributed by atoms with van der Waals surface area (Å²) in [6, 6.07) is 7.16. The number of carbonyl (C=O) groups is 2. The first kappa shape index (κ1) is 20.9. The van der Waals surface area contributed by atoms with Crippen molar-refractivity contribution in [1.29, 1.82) is 0 Å². The number of nitrogens with one attached hydrogen (secondary N) is 1. The number of aliphatic imine (C=N–C) groups is 1. The van der Waals surface area contributed by atoms with Crippen molar-refractivity contribution in [2.24, 2.45) is 10.1 Å². The van der Waals surface area contributed by atoms with Crippen molar-refractivity contribution >= 4 is 34.5 Å². The van der Waals surface area contributed by atoms with Crippen molar-refractivity contribution in [2.45, 2.75) is 38.2 Å². The van der Waals surface area contributed by atoms with E-state index in [1.807, 2.05) is 0 Å². The van der Waals surface area contributed by atoms with Gasteiger partial charge in [0.15, 0.2) is 0 Å². The topological polar surface area (TPSA) is 98.6 Å². The minimum atomic E-state index is -1.44. The molecule has 146 valence electrons. The lowest BCUT2D eigenvalue weighted by atomic mass is 10.2. The summed E-state index contributed by atoms with van der Waals surface area (Å²) in [7, 11) is 2.97. The number of carbonyl (C=O) groups excluding carboxylic acids is 2. The average Bonchev–Trinajstić information content (AvgIpc) is 2.96. The summed E-state index contributed by atoms with van der Waals surface area (Å²) >= 11 is 1.12. The molecule has 1 aliphatic heterocycles. The van der Waals surface area contributed by atoms with E-state index in [4.69, 9.17) is 14.2 Å². The number of thioether (sulfide) groups is 1. The minimum Gasteiger partial charge on any atom is -0.497 e. The Hall–Kier alpha value is -2.39. The van der Waals surface area contributed by atoms with Crippen molar-refractivity contribution in [3.63, 3.8) is 0 Å². The zero-order valence-electron chi connectivity index (χ0n) is 16.2. The van der Waals surface area contributed by atoms with Crippen LogP contribution in [-0.2, 0) is 14.3 Å². The van der Waals surface area contributed by atoms with Crippen molar-refractivity contribution < 1.29 is 23.8 Å². The molecular weight excluding hydrogens is 370 g/mol. The fourth-order valence-electron chi connectivity index (χ4n) is 2.23. The third-order valence-corrected chi connectivity index (χ3v) is 4.98. The summed E-state index contributed by atoms with van der Waals surface area (Å²) in [6.07, 6.45) is -0.722. The summed E-state index contributed by atoms with van der Waals surface area (Å²) in [4.78, 5) is 27.0. The van der Waals surface area contributed by atoms with E-state index in [1.165, 1.54) is 7.11 Å². The zero-order chi connectivity index (χ0) is 20.2. The van der Waals surface area contributed by atoms with Crippen LogP contribution >= 0.6 is 11.8 Å². The highest BCUT2D eigenvalue weighted by Gasteiger charge is 2.49. The number of hydrogen-bond donors (Lipinski definition) is 1. The molecule has 0 bridgehead atoms. The predicted molar refractivity (Wildman–Crippen MR) is 104 cm³/mol. The highest BCUT2D eigenvalue weighted by atomic mass is 32.2. The fourth-order valence-corrected chi connectivity index (χ4v) is 3.30. The summed E-state index contributed by atoms with van der Waals surface area (Å²) in [5.41, 5.74) is 2.62. The highest BCUT2D eigenvalue weighted by Crippen LogP contribution is 2.39. The first-order valence-corrected chi connectivity index (χ1v) is 8.98. The van der Waals surface area contributed by atoms with Gasteiger partial charge in [0.2, 0.25) is 4.93 Å². The summed E-state index contributed by atoms with van der Waals surface area (Å²) in [5.74, 6) is 0.194. The van der Waals surface area contributed by atoms with Crippen LogP contribution in [0.2, 0.25) is 0 Å². The molecule has 2 rings (SSSR count). The Morgan fingerprint density at radius 3 is 2.37 bits per heavy atom. The minimum absolute atomic E-state index is 0.248. The Morgan fingerprint density at radius 1 is 1.22 bits per heavy atom. The van der Waals surface area contributed by atoms with Crippen molar-refractivity contribution in [3.05, 3.63) is 29.8 Å². The molecule has 1 heterocycles. The van der Waals surface area contributed by atoms with Gasteiger partial charge in [-0.2, -0.15) is 5.10 Å². The molecule has 1 unspecified atom stereocenters. The Labute approximate surface area is 162 Å². The molecule has 1 aliphatic rings. The first-order chi connectivity index (χ1) is 12.6. The van der Waals surface area contributed by atoms with Crippen LogP contribution < -0.4 is 10.2 Å². The molecule has 0 spiro atoms. The Kier molecular flexibility index (Phi) is 6.27. The van der Waals surface area contributed by atoms with Crippen LogP contribution in [0.15, 0.2) is 34.4 Å². The van der Waals surface area contributed by atoms with E-state index in [2.05, 4.69) is 15.5 Å². The van der Waals surface area contributed by atoms with Gasteiger partial charge in [-0.1, -0.05) is 11.8 Å². The molecular formula is C18H23N3O5S. The smallest absolute Gasteiger partial charge is 0.428 e. The van der Waals surface area contributed by atoms with Gasteiger partial charge >= 0.3 is 6.09 Å². The molecule has 1 N–H and O–H groups in total. The molecule has 0 saturated heterocycles. The molecule has 1 aromatic carbocycles. The van der Waals surface area contributed by atoms with Crippen molar-refractivity contribution in [2.75, 3.05) is 14.2 Å². The highest BCUT2D eigenvalue weighted by molar-refractivity contribution is 8.17. The summed E-state index contributed by atoms with van der Waals surface area (Å²) in [6.45, 7) is 6.81. The molecule has 1 atom stereocenters. The lowest BCUT2D eigenvalue weighted by Gasteiger charge is -2.24. The van der Waals surface area contributed by atoms with Crippen LogP contribution in [0.4, 0.5) is 4.79 Å². The number of hydrogen-bond acceptors (Lipinski definition) is 7. The Morgan fingerprint density at radius 2 is 1.85 bits per heavy atom. The van der Waals surface area contributed by atoms with E-state index in [0.29, 0.717) is 10.8 Å². The van der Waals surface area contributed by atoms with Crippen molar-refractivity contribution in [3.8, 4) is 5.75 Å². The van der Waals surface area contributed by atoms with E-state index in [0.717, 1.165) is 17.3 Å². The van der Waals surface area contributed by atoms with Crippen LogP contribution in [-0.4, -0.2) is 47.5 Å². The Balaban J connectivity index is 2.17. The maximum atomic E-state index is 12.6. The molecule has 27 heavy (non-hydrogen) atoms. The van der Waals surface area contributed by atoms with E-state index in [1.54, 1.807) is 59.1 Å².